The Balaban J connectivity index is 3.43. The second kappa shape index (κ2) is 6.03. The SMILES string of the molecule is C[C@@H](NS(=O)(=O)c1ccccc1S(=O)(=O)C(F)F)C(=O)O. The van der Waals surface area contributed by atoms with Gasteiger partial charge < -0.3 is 5.11 Å². The highest BCUT2D eigenvalue weighted by Gasteiger charge is 2.34. The van der Waals surface area contributed by atoms with Crippen LogP contribution in [0.15, 0.2) is 34.1 Å². The van der Waals surface area contributed by atoms with Gasteiger partial charge in [0.2, 0.25) is 19.9 Å². The van der Waals surface area contributed by atoms with Crippen molar-refractivity contribution in [3.63, 3.8) is 0 Å². The van der Waals surface area contributed by atoms with Crippen molar-refractivity contribution >= 4 is 25.8 Å². The highest BCUT2D eigenvalue weighted by Crippen LogP contribution is 2.25. The topological polar surface area (TPSA) is 118 Å². The standard InChI is InChI=1S/C10H11F2NO6S2/c1-6(9(14)15)13-21(18,19)8-5-3-2-4-7(8)20(16,17)10(11)12/h2-6,10,13H,1H3,(H,14,15)/t6-/m1/s1. The van der Waals surface area contributed by atoms with Gasteiger partial charge in [-0.15, -0.1) is 0 Å². The first-order chi connectivity index (χ1) is 9.50. The van der Waals surface area contributed by atoms with Crippen LogP contribution in [0.1, 0.15) is 6.92 Å². The highest BCUT2D eigenvalue weighted by atomic mass is 32.2. The molecule has 118 valence electrons. The number of alkyl halides is 2. The van der Waals surface area contributed by atoms with Crippen LogP contribution in [0.4, 0.5) is 8.78 Å². The van der Waals surface area contributed by atoms with Crippen LogP contribution in [0.3, 0.4) is 0 Å². The molecule has 1 atom stereocenters. The van der Waals surface area contributed by atoms with Crippen molar-refractivity contribution in [1.29, 1.82) is 0 Å². The van der Waals surface area contributed by atoms with Crippen molar-refractivity contribution in [3.05, 3.63) is 24.3 Å². The highest BCUT2D eigenvalue weighted by molar-refractivity contribution is 7.94. The smallest absolute Gasteiger partial charge is 0.341 e. The zero-order valence-corrected chi connectivity index (χ0v) is 12.2. The summed E-state index contributed by atoms with van der Waals surface area (Å²) in [4.78, 5) is 8.61. The normalized spacial score (nSPS) is 14.1. The number of sulfone groups is 1. The maximum Gasteiger partial charge on any atom is 0.341 e. The van der Waals surface area contributed by atoms with E-state index in [2.05, 4.69) is 0 Å². The summed E-state index contributed by atoms with van der Waals surface area (Å²) < 4.78 is 73.6. The molecule has 1 aromatic carbocycles. The van der Waals surface area contributed by atoms with E-state index < -0.39 is 47.4 Å². The lowest BCUT2D eigenvalue weighted by Crippen LogP contribution is -2.38. The van der Waals surface area contributed by atoms with Crippen molar-refractivity contribution in [3.8, 4) is 0 Å². The summed E-state index contributed by atoms with van der Waals surface area (Å²) in [5.41, 5.74) is 0. The summed E-state index contributed by atoms with van der Waals surface area (Å²) in [5.74, 6) is -5.31. The summed E-state index contributed by atoms with van der Waals surface area (Å²) in [6, 6.07) is 2.16. The Morgan fingerprint density at radius 2 is 1.62 bits per heavy atom. The molecule has 21 heavy (non-hydrogen) atoms. The van der Waals surface area contributed by atoms with Crippen LogP contribution >= 0.6 is 0 Å². The van der Waals surface area contributed by atoms with Gasteiger partial charge in [-0.2, -0.15) is 13.5 Å². The second-order valence-corrected chi connectivity index (χ2v) is 7.50. The first-order valence-corrected chi connectivity index (χ1v) is 8.39. The number of carboxylic acids is 1. The number of nitrogens with one attached hydrogen (secondary N) is 1. The van der Waals surface area contributed by atoms with E-state index in [9.17, 15) is 30.4 Å². The number of rotatable bonds is 6. The van der Waals surface area contributed by atoms with Gasteiger partial charge in [0, 0.05) is 0 Å². The molecule has 0 unspecified atom stereocenters. The minimum absolute atomic E-state index is 0.710. The van der Waals surface area contributed by atoms with Crippen LogP contribution in [0.25, 0.3) is 0 Å². The van der Waals surface area contributed by atoms with Gasteiger partial charge in [-0.3, -0.25) is 4.79 Å². The fraction of sp³-hybridized carbons (Fsp3) is 0.300. The van der Waals surface area contributed by atoms with Gasteiger partial charge in [0.1, 0.15) is 10.9 Å². The molecule has 0 bridgehead atoms. The van der Waals surface area contributed by atoms with Crippen LogP contribution in [-0.4, -0.2) is 39.7 Å². The van der Waals surface area contributed by atoms with Crippen molar-refractivity contribution < 1.29 is 35.5 Å². The van der Waals surface area contributed by atoms with E-state index in [0.29, 0.717) is 6.07 Å². The van der Waals surface area contributed by atoms with Gasteiger partial charge >= 0.3 is 11.7 Å². The van der Waals surface area contributed by atoms with Crippen LogP contribution in [0.5, 0.6) is 0 Å². The molecule has 0 fully saturated rings. The van der Waals surface area contributed by atoms with Gasteiger partial charge in [-0.05, 0) is 19.1 Å². The first-order valence-electron chi connectivity index (χ1n) is 5.36. The quantitative estimate of drug-likeness (QED) is 0.774. The number of sulfonamides is 1. The lowest BCUT2D eigenvalue weighted by atomic mass is 10.4. The summed E-state index contributed by atoms with van der Waals surface area (Å²) in [6.45, 7) is 1.00. The lowest BCUT2D eigenvalue weighted by molar-refractivity contribution is -0.138. The molecule has 11 heteroatoms. The molecule has 2 N–H and O–H groups in total. The molecule has 0 saturated heterocycles. The number of halogens is 2. The average Bonchev–Trinajstić information content (AvgIpc) is 2.37. The molecule has 0 aliphatic carbocycles. The zero-order chi connectivity index (χ0) is 16.4. The van der Waals surface area contributed by atoms with Crippen LogP contribution in [0, 0.1) is 0 Å². The molecular formula is C10H11F2NO6S2. The molecule has 0 heterocycles. The Labute approximate surface area is 119 Å². The molecule has 1 rings (SSSR count). The predicted molar refractivity (Wildman–Crippen MR) is 67.1 cm³/mol. The van der Waals surface area contributed by atoms with E-state index in [-0.39, 0.29) is 0 Å². The van der Waals surface area contributed by atoms with Gasteiger partial charge in [0.25, 0.3) is 0 Å². The molecule has 0 saturated carbocycles. The molecular weight excluding hydrogens is 332 g/mol. The molecule has 0 aliphatic heterocycles. The van der Waals surface area contributed by atoms with Gasteiger partial charge in [-0.1, -0.05) is 12.1 Å². The molecule has 0 aliphatic rings. The Morgan fingerprint density at radius 3 is 2.05 bits per heavy atom. The van der Waals surface area contributed by atoms with E-state index in [4.69, 9.17) is 5.11 Å². The van der Waals surface area contributed by atoms with Gasteiger partial charge in [-0.25, -0.2) is 16.8 Å². The number of hydrogen-bond acceptors (Lipinski definition) is 5. The Bertz CT molecular complexity index is 745. The van der Waals surface area contributed by atoms with Crippen LogP contribution in [0.2, 0.25) is 0 Å². The molecule has 0 radical (unpaired) electrons. The summed E-state index contributed by atoms with van der Waals surface area (Å²) >= 11 is 0. The summed E-state index contributed by atoms with van der Waals surface area (Å²) in [5, 5.41) is 8.64. The van der Waals surface area contributed by atoms with E-state index in [1.165, 1.54) is 0 Å². The maximum absolute atomic E-state index is 12.6. The van der Waals surface area contributed by atoms with E-state index in [0.717, 1.165) is 25.1 Å². The maximum atomic E-state index is 12.6. The second-order valence-electron chi connectivity index (χ2n) is 3.93. The molecule has 7 nitrogen and oxygen atoms in total. The minimum atomic E-state index is -5.15. The predicted octanol–water partition coefficient (Wildman–Crippen LogP) is 0.434. The third kappa shape index (κ3) is 3.74. The van der Waals surface area contributed by atoms with Crippen molar-refractivity contribution in [2.75, 3.05) is 0 Å². The Morgan fingerprint density at radius 1 is 1.14 bits per heavy atom. The first kappa shape index (κ1) is 17.5. The largest absolute Gasteiger partial charge is 0.480 e. The monoisotopic (exact) mass is 343 g/mol. The van der Waals surface area contributed by atoms with Crippen LogP contribution in [-0.2, 0) is 24.7 Å². The van der Waals surface area contributed by atoms with Crippen molar-refractivity contribution in [2.24, 2.45) is 0 Å². The number of carbonyl (C=O) groups is 1. The zero-order valence-electron chi connectivity index (χ0n) is 10.5. The van der Waals surface area contributed by atoms with E-state index >= 15 is 0 Å². The van der Waals surface area contributed by atoms with E-state index in [1.807, 2.05) is 0 Å². The van der Waals surface area contributed by atoms with Gasteiger partial charge in [0.05, 0.1) is 4.90 Å². The number of benzene rings is 1. The number of hydrogen-bond donors (Lipinski definition) is 2. The number of aliphatic carboxylic acids is 1. The Hall–Kier alpha value is -1.59. The van der Waals surface area contributed by atoms with Gasteiger partial charge in [0.15, 0.2) is 0 Å². The van der Waals surface area contributed by atoms with E-state index in [1.54, 1.807) is 4.72 Å². The molecule has 0 amide bonds. The summed E-state index contributed by atoms with van der Waals surface area (Å²) in [6.07, 6.45) is 0. The fourth-order valence-corrected chi connectivity index (χ4v) is 4.12. The lowest BCUT2D eigenvalue weighted by Gasteiger charge is -2.13. The molecule has 1 aromatic rings. The fourth-order valence-electron chi connectivity index (χ4n) is 1.35. The number of carboxylic acid groups (broad SMARTS) is 1. The van der Waals surface area contributed by atoms with Crippen molar-refractivity contribution in [1.82, 2.24) is 4.72 Å². The van der Waals surface area contributed by atoms with Crippen LogP contribution < -0.4 is 4.72 Å². The third-order valence-corrected chi connectivity index (χ3v) is 5.55. The summed E-state index contributed by atoms with van der Waals surface area (Å²) in [7, 11) is -9.74. The third-order valence-electron chi connectivity index (χ3n) is 2.38. The van der Waals surface area contributed by atoms with Crippen molar-refractivity contribution in [2.45, 2.75) is 28.5 Å². The minimum Gasteiger partial charge on any atom is -0.480 e. The molecule has 0 spiro atoms. The molecule has 0 aromatic heterocycles. The Kier molecular flexibility index (Phi) is 5.02. The average molecular weight is 343 g/mol.